The maximum absolute atomic E-state index is 12.5. The SMILES string of the molecule is Cc1nnnn1-c1ccc(CC(=O)N[C@@H](C)CN2CCc3ccccc3C2)cc1. The molecule has 0 fully saturated rings. The number of carbonyl (C=O) groups excluding carboxylic acids is 1. The van der Waals surface area contributed by atoms with Gasteiger partial charge in [-0.15, -0.1) is 5.10 Å². The second-order valence-corrected chi connectivity index (χ2v) is 7.70. The molecule has 150 valence electrons. The van der Waals surface area contributed by atoms with Crippen LogP contribution in [0.15, 0.2) is 48.5 Å². The first-order chi connectivity index (χ1) is 14.1. The molecule has 0 radical (unpaired) electrons. The maximum atomic E-state index is 12.5. The smallest absolute Gasteiger partial charge is 0.224 e. The first kappa shape index (κ1) is 19.3. The lowest BCUT2D eigenvalue weighted by Gasteiger charge is -2.31. The van der Waals surface area contributed by atoms with Crippen LogP contribution in [0.2, 0.25) is 0 Å². The second-order valence-electron chi connectivity index (χ2n) is 7.70. The van der Waals surface area contributed by atoms with Crippen molar-refractivity contribution in [2.24, 2.45) is 0 Å². The zero-order chi connectivity index (χ0) is 20.2. The number of carbonyl (C=O) groups is 1. The van der Waals surface area contributed by atoms with Gasteiger partial charge in [-0.3, -0.25) is 9.69 Å². The van der Waals surface area contributed by atoms with E-state index in [2.05, 4.69) is 56.9 Å². The Hall–Kier alpha value is -3.06. The molecule has 1 aliphatic rings. The topological polar surface area (TPSA) is 75.9 Å². The Morgan fingerprint density at radius 3 is 2.62 bits per heavy atom. The number of tetrazole rings is 1. The van der Waals surface area contributed by atoms with E-state index < -0.39 is 0 Å². The number of fused-ring (bicyclic) bond motifs is 1. The average Bonchev–Trinajstić information content (AvgIpc) is 3.14. The highest BCUT2D eigenvalue weighted by Crippen LogP contribution is 2.18. The Morgan fingerprint density at radius 2 is 1.90 bits per heavy atom. The van der Waals surface area contributed by atoms with E-state index in [0.717, 1.165) is 43.1 Å². The molecule has 3 aromatic rings. The van der Waals surface area contributed by atoms with Crippen molar-refractivity contribution in [3.8, 4) is 5.69 Å². The number of amides is 1. The van der Waals surface area contributed by atoms with Gasteiger partial charge in [-0.2, -0.15) is 4.68 Å². The van der Waals surface area contributed by atoms with Crippen LogP contribution in [0.5, 0.6) is 0 Å². The molecule has 0 unspecified atom stereocenters. The predicted octanol–water partition coefficient (Wildman–Crippen LogP) is 2.08. The van der Waals surface area contributed by atoms with Gasteiger partial charge in [0.25, 0.3) is 0 Å². The number of hydrogen-bond donors (Lipinski definition) is 1. The van der Waals surface area contributed by atoms with Gasteiger partial charge in [0.1, 0.15) is 0 Å². The minimum atomic E-state index is 0.0428. The summed E-state index contributed by atoms with van der Waals surface area (Å²) >= 11 is 0. The molecule has 0 saturated carbocycles. The van der Waals surface area contributed by atoms with E-state index in [1.807, 2.05) is 31.2 Å². The molecular formula is C22H26N6O. The van der Waals surface area contributed by atoms with E-state index in [1.165, 1.54) is 11.1 Å². The molecule has 7 nitrogen and oxygen atoms in total. The van der Waals surface area contributed by atoms with Gasteiger partial charge >= 0.3 is 0 Å². The van der Waals surface area contributed by atoms with Crippen LogP contribution in [0.4, 0.5) is 0 Å². The number of aryl methyl sites for hydroxylation is 1. The Balaban J connectivity index is 1.28. The Bertz CT molecular complexity index is 981. The Labute approximate surface area is 170 Å². The van der Waals surface area contributed by atoms with Crippen LogP contribution < -0.4 is 5.32 Å². The monoisotopic (exact) mass is 390 g/mol. The molecule has 1 aromatic heterocycles. The van der Waals surface area contributed by atoms with Gasteiger partial charge in [0.2, 0.25) is 5.91 Å². The van der Waals surface area contributed by atoms with Crippen LogP contribution in [0.25, 0.3) is 5.69 Å². The minimum Gasteiger partial charge on any atom is -0.352 e. The summed E-state index contributed by atoms with van der Waals surface area (Å²) in [5.41, 5.74) is 4.70. The first-order valence-electron chi connectivity index (χ1n) is 10.0. The molecule has 1 atom stereocenters. The summed E-state index contributed by atoms with van der Waals surface area (Å²) in [6.45, 7) is 6.77. The van der Waals surface area contributed by atoms with Crippen molar-refractivity contribution in [2.45, 2.75) is 39.3 Å². The van der Waals surface area contributed by atoms with Crippen LogP contribution in [0.3, 0.4) is 0 Å². The summed E-state index contributed by atoms with van der Waals surface area (Å²) in [5.74, 6) is 0.769. The van der Waals surface area contributed by atoms with Crippen molar-refractivity contribution in [2.75, 3.05) is 13.1 Å². The Kier molecular flexibility index (Phi) is 5.67. The van der Waals surface area contributed by atoms with E-state index in [4.69, 9.17) is 0 Å². The summed E-state index contributed by atoms with van der Waals surface area (Å²) < 4.78 is 1.67. The van der Waals surface area contributed by atoms with Crippen molar-refractivity contribution >= 4 is 5.91 Å². The third-order valence-electron chi connectivity index (χ3n) is 5.32. The van der Waals surface area contributed by atoms with Gasteiger partial charge in [0, 0.05) is 25.7 Å². The number of nitrogens with zero attached hydrogens (tertiary/aromatic N) is 5. The zero-order valence-electron chi connectivity index (χ0n) is 16.9. The number of nitrogens with one attached hydrogen (secondary N) is 1. The number of benzene rings is 2. The van der Waals surface area contributed by atoms with Crippen LogP contribution in [-0.4, -0.2) is 50.1 Å². The minimum absolute atomic E-state index is 0.0428. The number of hydrogen-bond acceptors (Lipinski definition) is 5. The van der Waals surface area contributed by atoms with E-state index >= 15 is 0 Å². The molecule has 1 aliphatic heterocycles. The Morgan fingerprint density at radius 1 is 1.14 bits per heavy atom. The fourth-order valence-electron chi connectivity index (χ4n) is 3.88. The van der Waals surface area contributed by atoms with Crippen LogP contribution in [-0.2, 0) is 24.2 Å². The van der Waals surface area contributed by atoms with Crippen molar-refractivity contribution in [3.63, 3.8) is 0 Å². The highest BCUT2D eigenvalue weighted by atomic mass is 16.1. The largest absolute Gasteiger partial charge is 0.352 e. The molecule has 0 bridgehead atoms. The summed E-state index contributed by atoms with van der Waals surface area (Å²) in [6.07, 6.45) is 1.44. The molecule has 0 spiro atoms. The standard InChI is InChI=1S/C22H26N6O/c1-16(14-27-12-11-19-5-3-4-6-20(19)15-27)23-22(29)13-18-7-9-21(10-8-18)28-17(2)24-25-26-28/h3-10,16H,11-15H2,1-2H3,(H,23,29)/t16-/m0/s1. The fraction of sp³-hybridized carbons (Fsp3) is 0.364. The average molecular weight is 390 g/mol. The zero-order valence-corrected chi connectivity index (χ0v) is 16.9. The molecule has 1 N–H and O–H groups in total. The van der Waals surface area contributed by atoms with E-state index in [-0.39, 0.29) is 11.9 Å². The lowest BCUT2D eigenvalue weighted by molar-refractivity contribution is -0.121. The summed E-state index contributed by atoms with van der Waals surface area (Å²) in [6, 6.07) is 16.5. The maximum Gasteiger partial charge on any atom is 0.224 e. The van der Waals surface area contributed by atoms with Crippen LogP contribution in [0, 0.1) is 6.92 Å². The van der Waals surface area contributed by atoms with E-state index in [9.17, 15) is 4.79 Å². The molecule has 1 amide bonds. The molecule has 7 heteroatoms. The van der Waals surface area contributed by atoms with Gasteiger partial charge in [-0.1, -0.05) is 36.4 Å². The molecule has 29 heavy (non-hydrogen) atoms. The lowest BCUT2D eigenvalue weighted by Crippen LogP contribution is -2.44. The molecule has 0 aliphatic carbocycles. The quantitative estimate of drug-likeness (QED) is 0.697. The molecular weight excluding hydrogens is 364 g/mol. The van der Waals surface area contributed by atoms with E-state index in [1.54, 1.807) is 4.68 Å². The fourth-order valence-corrected chi connectivity index (χ4v) is 3.88. The summed E-state index contributed by atoms with van der Waals surface area (Å²) in [7, 11) is 0. The number of aromatic nitrogens is 4. The third kappa shape index (κ3) is 4.68. The van der Waals surface area contributed by atoms with Gasteiger partial charge in [0.15, 0.2) is 5.82 Å². The van der Waals surface area contributed by atoms with Crippen LogP contribution in [0.1, 0.15) is 29.4 Å². The predicted molar refractivity (Wildman–Crippen MR) is 111 cm³/mol. The van der Waals surface area contributed by atoms with Crippen LogP contribution >= 0.6 is 0 Å². The van der Waals surface area contributed by atoms with Gasteiger partial charge in [-0.25, -0.2) is 0 Å². The molecule has 0 saturated heterocycles. The highest BCUT2D eigenvalue weighted by Gasteiger charge is 2.18. The van der Waals surface area contributed by atoms with Crippen molar-refractivity contribution in [3.05, 3.63) is 71.0 Å². The highest BCUT2D eigenvalue weighted by molar-refractivity contribution is 5.78. The van der Waals surface area contributed by atoms with Gasteiger partial charge < -0.3 is 5.32 Å². The van der Waals surface area contributed by atoms with E-state index in [0.29, 0.717) is 6.42 Å². The van der Waals surface area contributed by atoms with Gasteiger partial charge in [-0.05, 0) is 59.5 Å². The lowest BCUT2D eigenvalue weighted by atomic mass is 9.99. The number of rotatable bonds is 6. The summed E-state index contributed by atoms with van der Waals surface area (Å²) in [5, 5.41) is 14.6. The van der Waals surface area contributed by atoms with Gasteiger partial charge in [0.05, 0.1) is 12.1 Å². The first-order valence-corrected chi connectivity index (χ1v) is 10.0. The van der Waals surface area contributed by atoms with Crippen molar-refractivity contribution in [1.29, 1.82) is 0 Å². The second kappa shape index (κ2) is 8.53. The molecule has 2 heterocycles. The van der Waals surface area contributed by atoms with Crippen molar-refractivity contribution in [1.82, 2.24) is 30.4 Å². The third-order valence-corrected chi connectivity index (χ3v) is 5.32. The molecule has 4 rings (SSSR count). The molecule has 2 aromatic carbocycles. The van der Waals surface area contributed by atoms with Crippen molar-refractivity contribution < 1.29 is 4.79 Å². The summed E-state index contributed by atoms with van der Waals surface area (Å²) in [4.78, 5) is 14.9. The normalized spacial score (nSPS) is 15.0.